The van der Waals surface area contributed by atoms with E-state index in [1.54, 1.807) is 13.0 Å². The molecule has 0 aromatic heterocycles. The van der Waals surface area contributed by atoms with Crippen LogP contribution in [0.3, 0.4) is 0 Å². The SMILES string of the molecule is CCC(C)Cc1ccc(-c2ccc(C)c(F)c2)cc1. The highest BCUT2D eigenvalue weighted by Crippen LogP contribution is 2.23. The van der Waals surface area contributed by atoms with Crippen LogP contribution in [0.4, 0.5) is 4.39 Å². The van der Waals surface area contributed by atoms with E-state index in [-0.39, 0.29) is 5.82 Å². The molecule has 0 saturated carbocycles. The van der Waals surface area contributed by atoms with Gasteiger partial charge in [-0.2, -0.15) is 0 Å². The van der Waals surface area contributed by atoms with E-state index in [1.807, 2.05) is 12.1 Å². The Kier molecular flexibility index (Phi) is 4.36. The van der Waals surface area contributed by atoms with Crippen molar-refractivity contribution in [1.82, 2.24) is 0 Å². The van der Waals surface area contributed by atoms with Gasteiger partial charge in [0.2, 0.25) is 0 Å². The monoisotopic (exact) mass is 256 g/mol. The van der Waals surface area contributed by atoms with Crippen molar-refractivity contribution in [1.29, 1.82) is 0 Å². The van der Waals surface area contributed by atoms with Crippen molar-refractivity contribution < 1.29 is 4.39 Å². The van der Waals surface area contributed by atoms with Crippen LogP contribution in [0.5, 0.6) is 0 Å². The smallest absolute Gasteiger partial charge is 0.126 e. The minimum Gasteiger partial charge on any atom is -0.207 e. The molecule has 1 atom stereocenters. The van der Waals surface area contributed by atoms with Gasteiger partial charge in [0, 0.05) is 0 Å². The van der Waals surface area contributed by atoms with Gasteiger partial charge in [-0.1, -0.05) is 56.7 Å². The molecule has 0 aliphatic carbocycles. The summed E-state index contributed by atoms with van der Waals surface area (Å²) in [7, 11) is 0. The van der Waals surface area contributed by atoms with Crippen LogP contribution in [0.25, 0.3) is 11.1 Å². The van der Waals surface area contributed by atoms with Crippen molar-refractivity contribution in [3.8, 4) is 11.1 Å². The summed E-state index contributed by atoms with van der Waals surface area (Å²) in [5.74, 6) is 0.573. The molecule has 0 radical (unpaired) electrons. The summed E-state index contributed by atoms with van der Waals surface area (Å²) in [6.45, 7) is 6.27. The Bertz CT molecular complexity index is 540. The van der Waals surface area contributed by atoms with Gasteiger partial charge in [-0.25, -0.2) is 4.39 Å². The van der Waals surface area contributed by atoms with Crippen LogP contribution in [0, 0.1) is 18.7 Å². The van der Waals surface area contributed by atoms with E-state index < -0.39 is 0 Å². The number of benzene rings is 2. The highest BCUT2D eigenvalue weighted by atomic mass is 19.1. The van der Waals surface area contributed by atoms with Gasteiger partial charge < -0.3 is 0 Å². The third kappa shape index (κ3) is 3.44. The van der Waals surface area contributed by atoms with E-state index in [0.717, 1.165) is 17.5 Å². The van der Waals surface area contributed by atoms with E-state index in [9.17, 15) is 4.39 Å². The second kappa shape index (κ2) is 6.01. The summed E-state index contributed by atoms with van der Waals surface area (Å²) in [6.07, 6.45) is 2.31. The van der Waals surface area contributed by atoms with Crippen molar-refractivity contribution in [2.75, 3.05) is 0 Å². The molecule has 0 spiro atoms. The Morgan fingerprint density at radius 3 is 2.21 bits per heavy atom. The predicted molar refractivity (Wildman–Crippen MR) is 79.7 cm³/mol. The first-order valence-electron chi connectivity index (χ1n) is 6.95. The van der Waals surface area contributed by atoms with Gasteiger partial charge in [0.1, 0.15) is 5.82 Å². The van der Waals surface area contributed by atoms with Gasteiger partial charge in [0.05, 0.1) is 0 Å². The van der Waals surface area contributed by atoms with Gasteiger partial charge in [0.25, 0.3) is 0 Å². The molecule has 100 valence electrons. The summed E-state index contributed by atoms with van der Waals surface area (Å²) in [6, 6.07) is 13.9. The number of aryl methyl sites for hydroxylation is 1. The molecule has 0 saturated heterocycles. The third-order valence-electron chi connectivity index (χ3n) is 3.74. The molecule has 0 amide bonds. The minimum absolute atomic E-state index is 0.138. The van der Waals surface area contributed by atoms with Gasteiger partial charge in [-0.3, -0.25) is 0 Å². The number of hydrogen-bond donors (Lipinski definition) is 0. The lowest BCUT2D eigenvalue weighted by atomic mass is 9.96. The minimum atomic E-state index is -0.138. The molecule has 0 aliphatic heterocycles. The Morgan fingerprint density at radius 2 is 1.63 bits per heavy atom. The number of halogens is 1. The molecule has 0 fully saturated rings. The van der Waals surface area contributed by atoms with Crippen LogP contribution in [-0.2, 0) is 6.42 Å². The zero-order valence-electron chi connectivity index (χ0n) is 11.9. The maximum Gasteiger partial charge on any atom is 0.126 e. The van der Waals surface area contributed by atoms with Crippen molar-refractivity contribution in [2.45, 2.75) is 33.6 Å². The lowest BCUT2D eigenvalue weighted by molar-refractivity contribution is 0.560. The van der Waals surface area contributed by atoms with E-state index in [1.165, 1.54) is 12.0 Å². The number of hydrogen-bond acceptors (Lipinski definition) is 0. The van der Waals surface area contributed by atoms with E-state index >= 15 is 0 Å². The molecule has 2 aromatic carbocycles. The molecule has 0 N–H and O–H groups in total. The zero-order chi connectivity index (χ0) is 13.8. The molecular formula is C18H21F. The van der Waals surface area contributed by atoms with E-state index in [0.29, 0.717) is 11.5 Å². The summed E-state index contributed by atoms with van der Waals surface area (Å²) < 4.78 is 13.6. The lowest BCUT2D eigenvalue weighted by Gasteiger charge is -2.09. The van der Waals surface area contributed by atoms with Crippen molar-refractivity contribution in [2.24, 2.45) is 5.92 Å². The van der Waals surface area contributed by atoms with Crippen LogP contribution >= 0.6 is 0 Å². The Hall–Kier alpha value is -1.63. The molecule has 19 heavy (non-hydrogen) atoms. The molecule has 1 heteroatoms. The Morgan fingerprint density at radius 1 is 1.00 bits per heavy atom. The normalized spacial score (nSPS) is 12.4. The van der Waals surface area contributed by atoms with E-state index in [2.05, 4.69) is 38.1 Å². The fourth-order valence-electron chi connectivity index (χ4n) is 2.15. The molecule has 0 aliphatic rings. The van der Waals surface area contributed by atoms with Gasteiger partial charge in [-0.15, -0.1) is 0 Å². The van der Waals surface area contributed by atoms with Crippen LogP contribution in [0.15, 0.2) is 42.5 Å². The molecule has 2 aromatic rings. The first-order chi connectivity index (χ1) is 9.10. The van der Waals surface area contributed by atoms with Crippen molar-refractivity contribution in [3.05, 3.63) is 59.4 Å². The van der Waals surface area contributed by atoms with Crippen LogP contribution < -0.4 is 0 Å². The largest absolute Gasteiger partial charge is 0.207 e. The quantitative estimate of drug-likeness (QED) is 0.688. The third-order valence-corrected chi connectivity index (χ3v) is 3.74. The zero-order valence-corrected chi connectivity index (χ0v) is 11.9. The molecular weight excluding hydrogens is 235 g/mol. The highest BCUT2D eigenvalue weighted by molar-refractivity contribution is 5.64. The molecule has 0 nitrogen and oxygen atoms in total. The molecule has 1 unspecified atom stereocenters. The topological polar surface area (TPSA) is 0 Å². The standard InChI is InChI=1S/C18H21F/c1-4-13(2)11-15-6-9-16(10-7-15)17-8-5-14(3)18(19)12-17/h5-10,12-13H,4,11H2,1-3H3. The summed E-state index contributed by atoms with van der Waals surface area (Å²) >= 11 is 0. The molecule has 0 bridgehead atoms. The second-order valence-corrected chi connectivity index (χ2v) is 5.38. The molecule has 0 heterocycles. The van der Waals surface area contributed by atoms with Crippen LogP contribution in [-0.4, -0.2) is 0 Å². The maximum absolute atomic E-state index is 13.6. The Labute approximate surface area is 115 Å². The Balaban J connectivity index is 2.20. The average Bonchev–Trinajstić information content (AvgIpc) is 2.42. The summed E-state index contributed by atoms with van der Waals surface area (Å²) in [5, 5.41) is 0. The fourth-order valence-corrected chi connectivity index (χ4v) is 2.15. The fraction of sp³-hybridized carbons (Fsp3) is 0.333. The molecule has 2 rings (SSSR count). The first-order valence-corrected chi connectivity index (χ1v) is 6.95. The maximum atomic E-state index is 13.6. The van der Waals surface area contributed by atoms with Crippen LogP contribution in [0.2, 0.25) is 0 Å². The van der Waals surface area contributed by atoms with Gasteiger partial charge >= 0.3 is 0 Å². The van der Waals surface area contributed by atoms with Crippen LogP contribution in [0.1, 0.15) is 31.4 Å². The number of rotatable bonds is 4. The van der Waals surface area contributed by atoms with Crippen molar-refractivity contribution >= 4 is 0 Å². The van der Waals surface area contributed by atoms with E-state index in [4.69, 9.17) is 0 Å². The van der Waals surface area contributed by atoms with Crippen molar-refractivity contribution in [3.63, 3.8) is 0 Å². The summed E-state index contributed by atoms with van der Waals surface area (Å²) in [4.78, 5) is 0. The predicted octanol–water partition coefficient (Wildman–Crippen LogP) is 5.39. The van der Waals surface area contributed by atoms with Gasteiger partial charge in [0.15, 0.2) is 0 Å². The lowest BCUT2D eigenvalue weighted by Crippen LogP contribution is -1.97. The second-order valence-electron chi connectivity index (χ2n) is 5.38. The van der Waals surface area contributed by atoms with Gasteiger partial charge in [-0.05, 0) is 47.6 Å². The first kappa shape index (κ1) is 13.8. The average molecular weight is 256 g/mol. The summed E-state index contributed by atoms with van der Waals surface area (Å²) in [5.41, 5.74) is 4.06. The highest BCUT2D eigenvalue weighted by Gasteiger charge is 2.04.